The Labute approximate surface area is 128 Å². The summed E-state index contributed by atoms with van der Waals surface area (Å²) in [6.07, 6.45) is 0.754. The molecule has 0 aliphatic carbocycles. The summed E-state index contributed by atoms with van der Waals surface area (Å²) in [4.78, 5) is 0. The number of nitrogens with zero attached hydrogens (tertiary/aromatic N) is 3. The molecule has 4 heteroatoms. The average Bonchev–Trinajstić information content (AvgIpc) is 3.16. The van der Waals surface area contributed by atoms with Crippen molar-refractivity contribution >= 4 is 21.8 Å². The zero-order valence-electron chi connectivity index (χ0n) is 12.7. The van der Waals surface area contributed by atoms with E-state index in [9.17, 15) is 0 Å². The van der Waals surface area contributed by atoms with Crippen molar-refractivity contribution in [3.05, 3.63) is 48.4 Å². The predicted octanol–water partition coefficient (Wildman–Crippen LogP) is 4.43. The van der Waals surface area contributed by atoms with Gasteiger partial charge in [0.05, 0.1) is 0 Å². The minimum absolute atomic E-state index is 0.590. The number of para-hydroxylation sites is 1. The van der Waals surface area contributed by atoms with Gasteiger partial charge in [-0.1, -0.05) is 25.1 Å². The SMILES string of the molecule is CCc1nnc(-c2ccc3c(c2)c2ccccc2n3CC)o1. The molecule has 0 unspecified atom stereocenters. The summed E-state index contributed by atoms with van der Waals surface area (Å²) in [5.74, 6) is 1.26. The fourth-order valence-electron chi connectivity index (χ4n) is 3.04. The lowest BCUT2D eigenvalue weighted by atomic mass is 10.1. The van der Waals surface area contributed by atoms with Gasteiger partial charge in [-0.15, -0.1) is 10.2 Å². The van der Waals surface area contributed by atoms with Gasteiger partial charge in [0.15, 0.2) is 0 Å². The molecular formula is C18H17N3O. The van der Waals surface area contributed by atoms with E-state index in [1.165, 1.54) is 21.8 Å². The molecule has 0 saturated heterocycles. The molecule has 0 atom stereocenters. The van der Waals surface area contributed by atoms with E-state index >= 15 is 0 Å². The molecule has 0 saturated carbocycles. The minimum Gasteiger partial charge on any atom is -0.421 e. The molecule has 4 rings (SSSR count). The van der Waals surface area contributed by atoms with Crippen LogP contribution in [0.4, 0.5) is 0 Å². The van der Waals surface area contributed by atoms with Gasteiger partial charge in [0, 0.05) is 40.3 Å². The van der Waals surface area contributed by atoms with Crippen molar-refractivity contribution in [2.45, 2.75) is 26.8 Å². The molecule has 2 aromatic heterocycles. The average molecular weight is 291 g/mol. The molecule has 2 heterocycles. The summed E-state index contributed by atoms with van der Waals surface area (Å²) >= 11 is 0. The summed E-state index contributed by atoms with van der Waals surface area (Å²) in [6, 6.07) is 14.8. The molecule has 0 aliphatic rings. The monoisotopic (exact) mass is 291 g/mol. The van der Waals surface area contributed by atoms with Crippen LogP contribution in [-0.4, -0.2) is 14.8 Å². The highest BCUT2D eigenvalue weighted by molar-refractivity contribution is 6.09. The molecule has 0 amide bonds. The third-order valence-electron chi connectivity index (χ3n) is 4.10. The Morgan fingerprint density at radius 2 is 1.77 bits per heavy atom. The van der Waals surface area contributed by atoms with Crippen molar-refractivity contribution in [2.75, 3.05) is 0 Å². The van der Waals surface area contributed by atoms with E-state index in [0.717, 1.165) is 18.5 Å². The molecule has 0 aliphatic heterocycles. The van der Waals surface area contributed by atoms with Crippen molar-refractivity contribution in [2.24, 2.45) is 0 Å². The lowest BCUT2D eigenvalue weighted by molar-refractivity contribution is 0.513. The largest absolute Gasteiger partial charge is 0.421 e. The molecule has 2 aromatic carbocycles. The topological polar surface area (TPSA) is 43.9 Å². The van der Waals surface area contributed by atoms with E-state index in [-0.39, 0.29) is 0 Å². The van der Waals surface area contributed by atoms with Crippen LogP contribution in [0.5, 0.6) is 0 Å². The van der Waals surface area contributed by atoms with Gasteiger partial charge in [-0.2, -0.15) is 0 Å². The van der Waals surface area contributed by atoms with E-state index in [4.69, 9.17) is 4.42 Å². The van der Waals surface area contributed by atoms with Crippen LogP contribution < -0.4 is 0 Å². The Hall–Kier alpha value is -2.62. The molecule has 4 nitrogen and oxygen atoms in total. The van der Waals surface area contributed by atoms with Gasteiger partial charge < -0.3 is 8.98 Å². The molecule has 0 bridgehead atoms. The second kappa shape index (κ2) is 4.98. The van der Waals surface area contributed by atoms with Gasteiger partial charge >= 0.3 is 0 Å². The van der Waals surface area contributed by atoms with Crippen molar-refractivity contribution in [3.8, 4) is 11.5 Å². The zero-order chi connectivity index (χ0) is 15.1. The third-order valence-corrected chi connectivity index (χ3v) is 4.10. The number of benzene rings is 2. The second-order valence-corrected chi connectivity index (χ2v) is 5.35. The first-order chi connectivity index (χ1) is 10.8. The van der Waals surface area contributed by atoms with Gasteiger partial charge in [-0.3, -0.25) is 0 Å². The molecule has 22 heavy (non-hydrogen) atoms. The lowest BCUT2D eigenvalue weighted by Gasteiger charge is -2.02. The number of hydrogen-bond acceptors (Lipinski definition) is 3. The highest BCUT2D eigenvalue weighted by Crippen LogP contribution is 2.32. The van der Waals surface area contributed by atoms with Gasteiger partial charge in [0.2, 0.25) is 11.8 Å². The maximum Gasteiger partial charge on any atom is 0.247 e. The Bertz CT molecular complexity index is 965. The van der Waals surface area contributed by atoms with Gasteiger partial charge in [0.25, 0.3) is 0 Å². The number of rotatable bonds is 3. The standard InChI is InChI=1S/C18H17N3O/c1-3-17-19-20-18(22-17)12-9-10-16-14(11-12)13-7-5-6-8-15(13)21(16)4-2/h5-11H,3-4H2,1-2H3. The maximum absolute atomic E-state index is 5.68. The Kier molecular flexibility index (Phi) is 2.96. The molecule has 0 radical (unpaired) electrons. The maximum atomic E-state index is 5.68. The van der Waals surface area contributed by atoms with Crippen molar-refractivity contribution in [1.29, 1.82) is 0 Å². The van der Waals surface area contributed by atoms with Crippen molar-refractivity contribution in [1.82, 2.24) is 14.8 Å². The summed E-state index contributed by atoms with van der Waals surface area (Å²) in [6.45, 7) is 5.13. The smallest absolute Gasteiger partial charge is 0.247 e. The predicted molar refractivity (Wildman–Crippen MR) is 87.8 cm³/mol. The van der Waals surface area contributed by atoms with Crippen LogP contribution in [0.25, 0.3) is 33.3 Å². The molecule has 110 valence electrons. The highest BCUT2D eigenvalue weighted by Gasteiger charge is 2.13. The molecular weight excluding hydrogens is 274 g/mol. The molecule has 0 N–H and O–H groups in total. The fraction of sp³-hybridized carbons (Fsp3) is 0.222. The fourth-order valence-corrected chi connectivity index (χ4v) is 3.04. The normalized spacial score (nSPS) is 11.5. The van der Waals surface area contributed by atoms with Gasteiger partial charge in [-0.05, 0) is 31.2 Å². The minimum atomic E-state index is 0.590. The van der Waals surface area contributed by atoms with E-state index in [2.05, 4.69) is 64.2 Å². The number of fused-ring (bicyclic) bond motifs is 3. The lowest BCUT2D eigenvalue weighted by Crippen LogP contribution is -1.92. The van der Waals surface area contributed by atoms with Crippen molar-refractivity contribution < 1.29 is 4.42 Å². The van der Waals surface area contributed by atoms with Crippen LogP contribution >= 0.6 is 0 Å². The molecule has 0 spiro atoms. The first-order valence-electron chi connectivity index (χ1n) is 7.65. The first-order valence-corrected chi connectivity index (χ1v) is 7.65. The summed E-state index contributed by atoms with van der Waals surface area (Å²) in [5.41, 5.74) is 3.47. The summed E-state index contributed by atoms with van der Waals surface area (Å²) in [7, 11) is 0. The number of hydrogen-bond donors (Lipinski definition) is 0. The van der Waals surface area contributed by atoms with Crippen molar-refractivity contribution in [3.63, 3.8) is 0 Å². The van der Waals surface area contributed by atoms with Crippen LogP contribution in [0.3, 0.4) is 0 Å². The zero-order valence-corrected chi connectivity index (χ0v) is 12.7. The van der Waals surface area contributed by atoms with Gasteiger partial charge in [-0.25, -0.2) is 0 Å². The van der Waals surface area contributed by atoms with E-state index in [1.807, 2.05) is 6.92 Å². The van der Waals surface area contributed by atoms with E-state index in [0.29, 0.717) is 11.8 Å². The quantitative estimate of drug-likeness (QED) is 0.561. The van der Waals surface area contributed by atoms with Gasteiger partial charge in [0.1, 0.15) is 0 Å². The summed E-state index contributed by atoms with van der Waals surface area (Å²) < 4.78 is 8.02. The molecule has 0 fully saturated rings. The molecule has 4 aromatic rings. The first kappa shape index (κ1) is 13.1. The number of aryl methyl sites for hydroxylation is 2. The van der Waals surface area contributed by atoms with Crippen LogP contribution in [0, 0.1) is 0 Å². The Balaban J connectivity index is 1.99. The Morgan fingerprint density at radius 1 is 0.955 bits per heavy atom. The summed E-state index contributed by atoms with van der Waals surface area (Å²) in [5, 5.41) is 10.7. The van der Waals surface area contributed by atoms with Crippen LogP contribution in [0.2, 0.25) is 0 Å². The van der Waals surface area contributed by atoms with Crippen LogP contribution in [0.1, 0.15) is 19.7 Å². The van der Waals surface area contributed by atoms with Crippen LogP contribution in [0.15, 0.2) is 46.9 Å². The van der Waals surface area contributed by atoms with E-state index in [1.54, 1.807) is 0 Å². The third kappa shape index (κ3) is 1.84. The van der Waals surface area contributed by atoms with E-state index < -0.39 is 0 Å². The second-order valence-electron chi connectivity index (χ2n) is 5.35. The van der Waals surface area contributed by atoms with Crippen LogP contribution in [-0.2, 0) is 13.0 Å². The Morgan fingerprint density at radius 3 is 2.55 bits per heavy atom. The number of aromatic nitrogens is 3. The highest BCUT2D eigenvalue weighted by atomic mass is 16.4.